The Labute approximate surface area is 162 Å². The van der Waals surface area contributed by atoms with E-state index in [0.29, 0.717) is 30.6 Å². The van der Waals surface area contributed by atoms with Crippen LogP contribution in [0.2, 0.25) is 0 Å². The average molecular weight is 388 g/mol. The van der Waals surface area contributed by atoms with Crippen molar-refractivity contribution in [3.05, 3.63) is 41.8 Å². The number of carbonyl (C=O) groups excluding carboxylic acids is 2. The maximum absolute atomic E-state index is 12.3. The van der Waals surface area contributed by atoms with Crippen molar-refractivity contribution in [2.24, 2.45) is 0 Å². The van der Waals surface area contributed by atoms with Crippen molar-refractivity contribution in [3.63, 3.8) is 0 Å². The molecule has 27 heavy (non-hydrogen) atoms. The highest BCUT2D eigenvalue weighted by Gasteiger charge is 2.23. The molecule has 1 aromatic carbocycles. The Bertz CT molecular complexity index is 780. The molecule has 144 valence electrons. The van der Waals surface area contributed by atoms with Crippen molar-refractivity contribution in [1.29, 1.82) is 0 Å². The molecule has 2 aromatic rings. The Morgan fingerprint density at radius 1 is 1.30 bits per heavy atom. The summed E-state index contributed by atoms with van der Waals surface area (Å²) < 4.78 is 5.58. The van der Waals surface area contributed by atoms with Crippen LogP contribution in [-0.2, 0) is 16.1 Å². The molecule has 2 amide bonds. The van der Waals surface area contributed by atoms with Crippen LogP contribution in [0.4, 0.5) is 0 Å². The first-order chi connectivity index (χ1) is 13.0. The number of benzene rings is 1. The Balaban J connectivity index is 1.46. The summed E-state index contributed by atoms with van der Waals surface area (Å²) in [5.74, 6) is 0.679. The van der Waals surface area contributed by atoms with Crippen LogP contribution >= 0.6 is 11.8 Å². The number of amides is 2. The van der Waals surface area contributed by atoms with E-state index in [2.05, 4.69) is 34.6 Å². The van der Waals surface area contributed by atoms with Gasteiger partial charge in [0, 0.05) is 19.5 Å². The summed E-state index contributed by atoms with van der Waals surface area (Å²) in [5.41, 5.74) is 1.19. The Hall–Kier alpha value is -2.35. The van der Waals surface area contributed by atoms with E-state index in [1.54, 1.807) is 11.8 Å². The number of hydrogen-bond acceptors (Lipinski definition) is 6. The van der Waals surface area contributed by atoms with E-state index in [4.69, 9.17) is 4.42 Å². The lowest BCUT2D eigenvalue weighted by Gasteiger charge is -2.15. The topological polar surface area (TPSA) is 88.3 Å². The smallest absolute Gasteiger partial charge is 0.277 e. The van der Waals surface area contributed by atoms with Crippen molar-refractivity contribution in [2.75, 3.05) is 13.1 Å². The zero-order chi connectivity index (χ0) is 19.2. The molecule has 1 aromatic heterocycles. The summed E-state index contributed by atoms with van der Waals surface area (Å²) in [6, 6.07) is 10.1. The maximum Gasteiger partial charge on any atom is 0.277 e. The predicted octanol–water partition coefficient (Wildman–Crippen LogP) is 2.59. The van der Waals surface area contributed by atoms with Crippen LogP contribution in [0.25, 0.3) is 0 Å². The first kappa shape index (κ1) is 19.4. The van der Waals surface area contributed by atoms with Crippen LogP contribution in [0, 0.1) is 0 Å². The molecule has 7 nitrogen and oxygen atoms in total. The predicted molar refractivity (Wildman–Crippen MR) is 102 cm³/mol. The highest BCUT2D eigenvalue weighted by molar-refractivity contribution is 8.00. The molecule has 0 spiro atoms. The van der Waals surface area contributed by atoms with E-state index in [0.717, 1.165) is 13.0 Å². The zero-order valence-corrected chi connectivity index (χ0v) is 16.4. The van der Waals surface area contributed by atoms with Gasteiger partial charge in [0.1, 0.15) is 0 Å². The van der Waals surface area contributed by atoms with Gasteiger partial charge in [-0.05, 0) is 24.8 Å². The van der Waals surface area contributed by atoms with Crippen molar-refractivity contribution >= 4 is 23.6 Å². The lowest BCUT2D eigenvalue weighted by atomic mass is 10.0. The summed E-state index contributed by atoms with van der Waals surface area (Å²) in [6.07, 6.45) is 1.45. The second-order valence-corrected chi connectivity index (χ2v) is 7.99. The molecular formula is C19H24N4O3S. The zero-order valence-electron chi connectivity index (χ0n) is 15.6. The average Bonchev–Trinajstić information content (AvgIpc) is 3.29. The van der Waals surface area contributed by atoms with Gasteiger partial charge in [-0.2, -0.15) is 0 Å². The van der Waals surface area contributed by atoms with Crippen molar-refractivity contribution < 1.29 is 14.0 Å². The Morgan fingerprint density at radius 2 is 2.07 bits per heavy atom. The molecule has 0 bridgehead atoms. The molecule has 0 saturated carbocycles. The van der Waals surface area contributed by atoms with Gasteiger partial charge in [-0.25, -0.2) is 0 Å². The lowest BCUT2D eigenvalue weighted by molar-refractivity contribution is -0.128. The fraction of sp³-hybridized carbons (Fsp3) is 0.474. The first-order valence-electron chi connectivity index (χ1n) is 9.12. The summed E-state index contributed by atoms with van der Waals surface area (Å²) in [5, 5.41) is 10.9. The van der Waals surface area contributed by atoms with Gasteiger partial charge < -0.3 is 14.6 Å². The van der Waals surface area contributed by atoms with Gasteiger partial charge in [0.05, 0.1) is 11.8 Å². The minimum absolute atomic E-state index is 0.0720. The first-order valence-corrected chi connectivity index (χ1v) is 10.0. The second-order valence-electron chi connectivity index (χ2n) is 6.70. The summed E-state index contributed by atoms with van der Waals surface area (Å²) in [6.45, 7) is 5.52. The third-order valence-corrected chi connectivity index (χ3v) is 5.48. The van der Waals surface area contributed by atoms with Crippen LogP contribution < -0.4 is 5.32 Å². The monoisotopic (exact) mass is 388 g/mol. The van der Waals surface area contributed by atoms with Crippen LogP contribution in [0.15, 0.2) is 40.0 Å². The molecule has 1 aliphatic rings. The number of hydrogen-bond donors (Lipinski definition) is 1. The van der Waals surface area contributed by atoms with E-state index in [1.165, 1.54) is 17.3 Å². The van der Waals surface area contributed by atoms with Crippen LogP contribution in [0.3, 0.4) is 0 Å². The van der Waals surface area contributed by atoms with Gasteiger partial charge in [0.2, 0.25) is 17.7 Å². The summed E-state index contributed by atoms with van der Waals surface area (Å²) >= 11 is 1.22. The number of likely N-dealkylation sites (tertiary alicyclic amines) is 1. The van der Waals surface area contributed by atoms with Crippen LogP contribution in [-0.4, -0.2) is 45.3 Å². The number of rotatable bonds is 8. The van der Waals surface area contributed by atoms with E-state index in [9.17, 15) is 9.59 Å². The summed E-state index contributed by atoms with van der Waals surface area (Å²) in [4.78, 5) is 25.7. The maximum atomic E-state index is 12.3. The molecule has 1 aliphatic heterocycles. The molecule has 1 saturated heterocycles. The molecule has 3 rings (SSSR count). The molecule has 2 unspecified atom stereocenters. The van der Waals surface area contributed by atoms with Gasteiger partial charge in [-0.15, -0.1) is 10.2 Å². The van der Waals surface area contributed by atoms with E-state index in [-0.39, 0.29) is 23.0 Å². The fourth-order valence-electron chi connectivity index (χ4n) is 2.89. The van der Waals surface area contributed by atoms with Gasteiger partial charge in [-0.1, -0.05) is 49.0 Å². The molecule has 8 heteroatoms. The van der Waals surface area contributed by atoms with Crippen LogP contribution in [0.1, 0.15) is 44.1 Å². The van der Waals surface area contributed by atoms with Gasteiger partial charge in [0.25, 0.3) is 5.22 Å². The van der Waals surface area contributed by atoms with E-state index >= 15 is 0 Å². The van der Waals surface area contributed by atoms with Crippen LogP contribution in [0.5, 0.6) is 0 Å². The van der Waals surface area contributed by atoms with Crippen molar-refractivity contribution in [3.8, 4) is 0 Å². The van der Waals surface area contributed by atoms with Gasteiger partial charge in [-0.3, -0.25) is 9.59 Å². The third-order valence-electron chi connectivity index (χ3n) is 4.54. The van der Waals surface area contributed by atoms with E-state index < -0.39 is 0 Å². The lowest BCUT2D eigenvalue weighted by Crippen LogP contribution is -2.33. The molecule has 1 fully saturated rings. The third kappa shape index (κ3) is 5.32. The Kier molecular flexibility index (Phi) is 6.49. The number of nitrogens with zero attached hydrogens (tertiary/aromatic N) is 3. The molecule has 0 radical (unpaired) electrons. The summed E-state index contributed by atoms with van der Waals surface area (Å²) in [7, 11) is 0. The largest absolute Gasteiger partial charge is 0.414 e. The Morgan fingerprint density at radius 3 is 2.78 bits per heavy atom. The molecule has 1 N–H and O–H groups in total. The number of carbonyl (C=O) groups is 2. The van der Waals surface area contributed by atoms with E-state index in [1.807, 2.05) is 18.2 Å². The standard InChI is InChI=1S/C19H24N4O3S/c1-13(15-7-4-3-5-8-15)11-20-18(25)14(2)27-19-22-21-16(26-19)12-23-10-6-9-17(23)24/h3-5,7-8,13-14H,6,9-12H2,1-2H3,(H,20,25). The number of aromatic nitrogens is 2. The SMILES string of the molecule is CC(Sc1nnc(CN2CCCC2=O)o1)C(=O)NCC(C)c1ccccc1. The van der Waals surface area contributed by atoms with Gasteiger partial charge >= 0.3 is 0 Å². The molecule has 2 atom stereocenters. The molecular weight excluding hydrogens is 364 g/mol. The molecule has 0 aliphatic carbocycles. The highest BCUT2D eigenvalue weighted by atomic mass is 32.2. The van der Waals surface area contributed by atoms with Crippen molar-refractivity contribution in [2.45, 2.75) is 49.6 Å². The fourth-order valence-corrected chi connectivity index (χ4v) is 3.61. The normalized spacial score (nSPS) is 16.4. The number of nitrogens with one attached hydrogen (secondary N) is 1. The quantitative estimate of drug-likeness (QED) is 0.700. The minimum Gasteiger partial charge on any atom is -0.414 e. The minimum atomic E-state index is -0.352. The van der Waals surface area contributed by atoms with Gasteiger partial charge in [0.15, 0.2) is 0 Å². The molecule has 2 heterocycles. The van der Waals surface area contributed by atoms with Crippen molar-refractivity contribution in [1.82, 2.24) is 20.4 Å². The highest BCUT2D eigenvalue weighted by Crippen LogP contribution is 2.23. The second kappa shape index (κ2) is 9.03. The number of thioether (sulfide) groups is 1.